The maximum Gasteiger partial charge on any atom is 0.310 e. The summed E-state index contributed by atoms with van der Waals surface area (Å²) in [5.74, 6) is -2.05. The van der Waals surface area contributed by atoms with Crippen LogP contribution in [0, 0.1) is 11.8 Å². The molecule has 0 saturated heterocycles. The summed E-state index contributed by atoms with van der Waals surface area (Å²) in [6.07, 6.45) is 7.58. The Labute approximate surface area is 170 Å². The van der Waals surface area contributed by atoms with Gasteiger partial charge in [-0.3, -0.25) is 14.4 Å². The van der Waals surface area contributed by atoms with Gasteiger partial charge in [-0.2, -0.15) is 0 Å². The number of benzene rings is 1. The molecule has 0 amide bonds. The zero-order chi connectivity index (χ0) is 20.5. The van der Waals surface area contributed by atoms with Crippen LogP contribution in [0.4, 0.5) is 0 Å². The van der Waals surface area contributed by atoms with Crippen molar-refractivity contribution in [1.82, 2.24) is 0 Å². The van der Waals surface area contributed by atoms with Crippen LogP contribution in [-0.4, -0.2) is 37.7 Å². The molecule has 0 aliphatic heterocycles. The van der Waals surface area contributed by atoms with E-state index in [0.29, 0.717) is 5.57 Å². The molecule has 3 atom stereocenters. The van der Waals surface area contributed by atoms with Crippen LogP contribution in [0.2, 0.25) is 0 Å². The summed E-state index contributed by atoms with van der Waals surface area (Å²) in [6.45, 7) is 1.64. The number of carbonyl (C=O) groups is 3. The topological polar surface area (TPSA) is 69.7 Å². The zero-order valence-corrected chi connectivity index (χ0v) is 17.2. The molecular weight excluding hydrogens is 376 g/mol. The van der Waals surface area contributed by atoms with Crippen LogP contribution in [0.1, 0.15) is 30.6 Å². The van der Waals surface area contributed by atoms with Crippen molar-refractivity contribution in [2.24, 2.45) is 11.8 Å². The molecule has 0 N–H and O–H groups in total. The molecule has 0 saturated carbocycles. The highest BCUT2D eigenvalue weighted by Crippen LogP contribution is 2.36. The Balaban J connectivity index is 2.24. The molecule has 2 rings (SSSR count). The van der Waals surface area contributed by atoms with Crippen molar-refractivity contribution >= 4 is 29.5 Å². The highest BCUT2D eigenvalue weighted by Gasteiger charge is 2.34. The van der Waals surface area contributed by atoms with Gasteiger partial charge in [0.2, 0.25) is 0 Å². The minimum Gasteiger partial charge on any atom is -0.469 e. The quantitative estimate of drug-likeness (QED) is 0.584. The molecule has 0 aromatic heterocycles. The lowest BCUT2D eigenvalue weighted by Crippen LogP contribution is -2.32. The van der Waals surface area contributed by atoms with Crippen LogP contribution in [-0.2, 0) is 23.9 Å². The molecule has 6 heteroatoms. The first-order valence-electron chi connectivity index (χ1n) is 9.22. The van der Waals surface area contributed by atoms with Gasteiger partial charge in [0.1, 0.15) is 0 Å². The third-order valence-corrected chi connectivity index (χ3v) is 6.11. The fourth-order valence-electron chi connectivity index (χ4n) is 3.02. The summed E-state index contributed by atoms with van der Waals surface area (Å²) in [7, 11) is 2.58. The molecule has 28 heavy (non-hydrogen) atoms. The predicted octanol–water partition coefficient (Wildman–Crippen LogP) is 3.90. The Morgan fingerprint density at radius 1 is 1.04 bits per heavy atom. The number of hydrogen-bond acceptors (Lipinski definition) is 6. The van der Waals surface area contributed by atoms with Crippen molar-refractivity contribution in [3.8, 4) is 0 Å². The lowest BCUT2D eigenvalue weighted by molar-refractivity contribution is -0.155. The molecule has 150 valence electrons. The van der Waals surface area contributed by atoms with Crippen LogP contribution >= 0.6 is 11.8 Å². The highest BCUT2D eigenvalue weighted by molar-refractivity contribution is 8.00. The number of thioether (sulfide) groups is 1. The highest BCUT2D eigenvalue weighted by atomic mass is 32.2. The SMILES string of the molecule is COC(=O)C(C)C(CSC(C(=O)C1=CCCC=C1)c1ccccc1)C(=O)OC. The first-order chi connectivity index (χ1) is 13.5. The Morgan fingerprint density at radius 3 is 2.29 bits per heavy atom. The molecule has 1 aliphatic rings. The molecule has 5 nitrogen and oxygen atoms in total. The first kappa shape index (κ1) is 22.0. The molecule has 0 spiro atoms. The number of Topliss-reactive ketones (excluding diaryl/α,β-unsaturated/α-hetero) is 1. The minimum absolute atomic E-state index is 0.00138. The molecule has 1 aromatic rings. The number of ether oxygens (including phenoxy) is 2. The van der Waals surface area contributed by atoms with Crippen LogP contribution < -0.4 is 0 Å². The fraction of sp³-hybridized carbons (Fsp3) is 0.409. The summed E-state index contributed by atoms with van der Waals surface area (Å²) in [6, 6.07) is 9.47. The van der Waals surface area contributed by atoms with E-state index in [1.165, 1.54) is 26.0 Å². The molecule has 3 unspecified atom stereocenters. The predicted molar refractivity (Wildman–Crippen MR) is 110 cm³/mol. The van der Waals surface area contributed by atoms with Crippen molar-refractivity contribution in [3.05, 3.63) is 59.7 Å². The van der Waals surface area contributed by atoms with Gasteiger partial charge in [-0.25, -0.2) is 0 Å². The average Bonchev–Trinajstić information content (AvgIpc) is 2.76. The number of esters is 2. The van der Waals surface area contributed by atoms with E-state index in [9.17, 15) is 14.4 Å². The van der Waals surface area contributed by atoms with Crippen molar-refractivity contribution in [1.29, 1.82) is 0 Å². The van der Waals surface area contributed by atoms with Gasteiger partial charge >= 0.3 is 11.9 Å². The van der Waals surface area contributed by atoms with Gasteiger partial charge in [-0.1, -0.05) is 55.5 Å². The third kappa shape index (κ3) is 5.58. The van der Waals surface area contributed by atoms with E-state index in [2.05, 4.69) is 0 Å². The molecule has 0 bridgehead atoms. The van der Waals surface area contributed by atoms with E-state index in [1.54, 1.807) is 6.92 Å². The molecular formula is C22H26O5S. The van der Waals surface area contributed by atoms with E-state index < -0.39 is 29.0 Å². The number of hydrogen-bond donors (Lipinski definition) is 0. The molecule has 0 radical (unpaired) electrons. The van der Waals surface area contributed by atoms with Crippen LogP contribution in [0.25, 0.3) is 0 Å². The maximum absolute atomic E-state index is 13.2. The van der Waals surface area contributed by atoms with Gasteiger partial charge in [0.15, 0.2) is 5.78 Å². The van der Waals surface area contributed by atoms with Crippen LogP contribution in [0.5, 0.6) is 0 Å². The summed E-state index contributed by atoms with van der Waals surface area (Å²) in [4.78, 5) is 37.4. The largest absolute Gasteiger partial charge is 0.469 e. The normalized spacial score (nSPS) is 16.5. The van der Waals surface area contributed by atoms with Gasteiger partial charge in [0.25, 0.3) is 0 Å². The lowest BCUT2D eigenvalue weighted by Gasteiger charge is -2.23. The van der Waals surface area contributed by atoms with Gasteiger partial charge in [-0.05, 0) is 18.4 Å². The summed E-state index contributed by atoms with van der Waals surface area (Å²) in [5, 5.41) is -0.466. The molecule has 1 aliphatic carbocycles. The van der Waals surface area contributed by atoms with Gasteiger partial charge in [-0.15, -0.1) is 11.8 Å². The van der Waals surface area contributed by atoms with Gasteiger partial charge in [0, 0.05) is 11.3 Å². The van der Waals surface area contributed by atoms with Crippen LogP contribution in [0.3, 0.4) is 0 Å². The summed E-state index contributed by atoms with van der Waals surface area (Å²) >= 11 is 1.35. The van der Waals surface area contributed by atoms with Gasteiger partial charge < -0.3 is 9.47 Å². The standard InChI is InChI=1S/C22H26O5S/c1-15(21(24)26-2)18(22(25)27-3)14-28-20(17-12-8-5-9-13-17)19(23)16-10-6-4-7-11-16/h5-6,8-13,15,18,20H,4,7,14H2,1-3H3. The number of ketones is 1. The average molecular weight is 403 g/mol. The second-order valence-corrected chi connectivity index (χ2v) is 7.71. The minimum atomic E-state index is -0.697. The fourth-order valence-corrected chi connectivity index (χ4v) is 4.48. The third-order valence-electron chi connectivity index (χ3n) is 4.74. The Hall–Kier alpha value is -2.34. The second-order valence-electron chi connectivity index (χ2n) is 6.57. The Bertz CT molecular complexity index is 753. The summed E-state index contributed by atoms with van der Waals surface area (Å²) < 4.78 is 9.66. The molecule has 0 fully saturated rings. The molecule has 1 aromatic carbocycles. The van der Waals surface area contributed by atoms with E-state index in [1.807, 2.05) is 48.6 Å². The van der Waals surface area contributed by atoms with E-state index in [4.69, 9.17) is 9.47 Å². The zero-order valence-electron chi connectivity index (χ0n) is 16.4. The first-order valence-corrected chi connectivity index (χ1v) is 10.3. The van der Waals surface area contributed by atoms with E-state index >= 15 is 0 Å². The smallest absolute Gasteiger partial charge is 0.310 e. The van der Waals surface area contributed by atoms with E-state index in [0.717, 1.165) is 18.4 Å². The number of rotatable bonds is 9. The van der Waals surface area contributed by atoms with Crippen molar-refractivity contribution < 1.29 is 23.9 Å². The maximum atomic E-state index is 13.2. The van der Waals surface area contributed by atoms with E-state index in [-0.39, 0.29) is 11.5 Å². The summed E-state index contributed by atoms with van der Waals surface area (Å²) in [5.41, 5.74) is 1.55. The molecule has 0 heterocycles. The Kier molecular flexibility index (Phi) is 8.51. The monoisotopic (exact) mass is 402 g/mol. The van der Waals surface area contributed by atoms with Crippen molar-refractivity contribution in [2.75, 3.05) is 20.0 Å². The lowest BCUT2D eigenvalue weighted by atomic mass is 9.96. The van der Waals surface area contributed by atoms with Crippen LogP contribution in [0.15, 0.2) is 54.1 Å². The van der Waals surface area contributed by atoms with Crippen molar-refractivity contribution in [2.45, 2.75) is 25.0 Å². The number of allylic oxidation sites excluding steroid dienone is 4. The van der Waals surface area contributed by atoms with Gasteiger partial charge in [0.05, 0.1) is 31.3 Å². The number of methoxy groups -OCH3 is 2. The Morgan fingerprint density at radius 2 is 1.71 bits per heavy atom. The number of carbonyl (C=O) groups excluding carboxylic acids is 3. The van der Waals surface area contributed by atoms with Crippen molar-refractivity contribution in [3.63, 3.8) is 0 Å². The second kappa shape index (κ2) is 10.9.